The molecule has 6 heteroatoms. The third kappa shape index (κ3) is 3.15. The summed E-state index contributed by atoms with van der Waals surface area (Å²) >= 11 is 0. The first kappa shape index (κ1) is 16.5. The number of imidazole rings is 1. The molecule has 1 N–H and O–H groups in total. The van der Waals surface area contributed by atoms with Gasteiger partial charge < -0.3 is 4.98 Å². The monoisotopic (exact) mass is 306 g/mol. The summed E-state index contributed by atoms with van der Waals surface area (Å²) in [4.78, 5) is 32.8. The zero-order valence-electron chi connectivity index (χ0n) is 13.8. The SMILES string of the molecule is CCCCn1c(=O)c2[nH]c(CCC)nc2n(CCCC)c1=O. The van der Waals surface area contributed by atoms with Crippen LogP contribution < -0.4 is 11.2 Å². The lowest BCUT2D eigenvalue weighted by Crippen LogP contribution is -2.40. The van der Waals surface area contributed by atoms with Crippen LogP contribution in [0.5, 0.6) is 0 Å². The third-order valence-corrected chi connectivity index (χ3v) is 3.87. The fourth-order valence-electron chi connectivity index (χ4n) is 2.60. The lowest BCUT2D eigenvalue weighted by Gasteiger charge is -2.10. The quantitative estimate of drug-likeness (QED) is 0.814. The number of nitrogens with one attached hydrogen (secondary N) is 1. The molecule has 0 bridgehead atoms. The second-order valence-electron chi connectivity index (χ2n) is 5.73. The van der Waals surface area contributed by atoms with Gasteiger partial charge in [-0.3, -0.25) is 13.9 Å². The average molecular weight is 306 g/mol. The van der Waals surface area contributed by atoms with E-state index < -0.39 is 0 Å². The fourth-order valence-corrected chi connectivity index (χ4v) is 2.60. The maximum Gasteiger partial charge on any atom is 0.332 e. The normalized spacial score (nSPS) is 11.4. The number of nitrogens with zero attached hydrogens (tertiary/aromatic N) is 3. The Bertz CT molecular complexity index is 739. The smallest absolute Gasteiger partial charge is 0.332 e. The number of aryl methyl sites for hydroxylation is 2. The van der Waals surface area contributed by atoms with Crippen molar-refractivity contribution < 1.29 is 0 Å². The highest BCUT2D eigenvalue weighted by Crippen LogP contribution is 2.08. The van der Waals surface area contributed by atoms with Gasteiger partial charge in [-0.2, -0.15) is 0 Å². The van der Waals surface area contributed by atoms with Crippen LogP contribution in [0.4, 0.5) is 0 Å². The lowest BCUT2D eigenvalue weighted by atomic mass is 10.3. The number of fused-ring (bicyclic) bond motifs is 1. The number of aromatic nitrogens is 4. The minimum absolute atomic E-state index is 0.228. The first-order valence-corrected chi connectivity index (χ1v) is 8.36. The van der Waals surface area contributed by atoms with E-state index >= 15 is 0 Å². The van der Waals surface area contributed by atoms with E-state index in [4.69, 9.17) is 0 Å². The minimum Gasteiger partial charge on any atom is -0.336 e. The van der Waals surface area contributed by atoms with Gasteiger partial charge in [0.1, 0.15) is 11.3 Å². The molecule has 0 aliphatic rings. The van der Waals surface area contributed by atoms with Gasteiger partial charge >= 0.3 is 5.69 Å². The maximum absolute atomic E-state index is 12.7. The molecule has 0 atom stereocenters. The molecule has 0 saturated carbocycles. The van der Waals surface area contributed by atoms with Gasteiger partial charge in [0.25, 0.3) is 5.56 Å². The predicted molar refractivity (Wildman–Crippen MR) is 88.4 cm³/mol. The fraction of sp³-hybridized carbons (Fsp3) is 0.688. The molecule has 0 radical (unpaired) electrons. The van der Waals surface area contributed by atoms with Crippen molar-refractivity contribution >= 4 is 11.2 Å². The van der Waals surface area contributed by atoms with Gasteiger partial charge in [-0.1, -0.05) is 33.6 Å². The molecule has 0 spiro atoms. The Morgan fingerprint density at radius 2 is 1.59 bits per heavy atom. The van der Waals surface area contributed by atoms with Crippen molar-refractivity contribution in [2.75, 3.05) is 0 Å². The average Bonchev–Trinajstić information content (AvgIpc) is 2.91. The van der Waals surface area contributed by atoms with Crippen molar-refractivity contribution in [3.8, 4) is 0 Å². The van der Waals surface area contributed by atoms with Crippen LogP contribution in [-0.4, -0.2) is 19.1 Å². The third-order valence-electron chi connectivity index (χ3n) is 3.87. The summed E-state index contributed by atoms with van der Waals surface area (Å²) in [6, 6.07) is 0. The van der Waals surface area contributed by atoms with E-state index in [-0.39, 0.29) is 11.2 Å². The summed E-state index contributed by atoms with van der Waals surface area (Å²) in [6.45, 7) is 7.28. The van der Waals surface area contributed by atoms with Crippen LogP contribution in [-0.2, 0) is 19.5 Å². The molecule has 2 rings (SSSR count). The zero-order chi connectivity index (χ0) is 16.1. The number of H-pyrrole nitrogens is 1. The van der Waals surface area contributed by atoms with Crippen molar-refractivity contribution in [3.05, 3.63) is 26.7 Å². The molecule has 6 nitrogen and oxygen atoms in total. The van der Waals surface area contributed by atoms with E-state index in [0.717, 1.165) is 44.3 Å². The van der Waals surface area contributed by atoms with Crippen LogP contribution >= 0.6 is 0 Å². The van der Waals surface area contributed by atoms with Gasteiger partial charge in [0, 0.05) is 19.5 Å². The van der Waals surface area contributed by atoms with Crippen LogP contribution in [0.25, 0.3) is 11.2 Å². The summed E-state index contributed by atoms with van der Waals surface area (Å²) in [5.74, 6) is 0.785. The van der Waals surface area contributed by atoms with Crippen molar-refractivity contribution in [1.82, 2.24) is 19.1 Å². The van der Waals surface area contributed by atoms with Crippen molar-refractivity contribution in [2.45, 2.75) is 72.4 Å². The van der Waals surface area contributed by atoms with E-state index in [9.17, 15) is 9.59 Å². The van der Waals surface area contributed by atoms with Crippen molar-refractivity contribution in [1.29, 1.82) is 0 Å². The Labute approximate surface area is 130 Å². The van der Waals surface area contributed by atoms with Gasteiger partial charge in [-0.25, -0.2) is 9.78 Å². The van der Waals surface area contributed by atoms with Gasteiger partial charge in [-0.15, -0.1) is 0 Å². The summed E-state index contributed by atoms with van der Waals surface area (Å²) < 4.78 is 3.01. The predicted octanol–water partition coefficient (Wildman–Crippen LogP) is 2.44. The van der Waals surface area contributed by atoms with Crippen LogP contribution in [0.2, 0.25) is 0 Å². The molecule has 2 aromatic rings. The molecule has 2 aromatic heterocycles. The molecule has 0 aliphatic carbocycles. The maximum atomic E-state index is 12.7. The molecular formula is C16H26N4O2. The molecule has 122 valence electrons. The summed E-state index contributed by atoms with van der Waals surface area (Å²) in [7, 11) is 0. The van der Waals surface area contributed by atoms with Crippen LogP contribution in [0.1, 0.15) is 58.7 Å². The molecule has 2 heterocycles. The molecule has 0 aliphatic heterocycles. The zero-order valence-corrected chi connectivity index (χ0v) is 13.8. The summed E-state index contributed by atoms with van der Waals surface area (Å²) in [6.07, 6.45) is 5.40. The van der Waals surface area contributed by atoms with Crippen LogP contribution in [0.3, 0.4) is 0 Å². The van der Waals surface area contributed by atoms with Gasteiger partial charge in [0.2, 0.25) is 0 Å². The molecule has 0 aromatic carbocycles. The Morgan fingerprint density at radius 3 is 2.18 bits per heavy atom. The number of hydrogen-bond donors (Lipinski definition) is 1. The van der Waals surface area contributed by atoms with E-state index in [1.165, 1.54) is 4.57 Å². The van der Waals surface area contributed by atoms with Gasteiger partial charge in [0.05, 0.1) is 0 Å². The summed E-state index contributed by atoms with van der Waals surface area (Å²) in [5, 5.41) is 0. The molecule has 0 saturated heterocycles. The number of unbranched alkanes of at least 4 members (excludes halogenated alkanes) is 2. The molecule has 0 amide bonds. The Kier molecular flexibility index (Phi) is 5.57. The highest BCUT2D eigenvalue weighted by molar-refractivity contribution is 5.69. The highest BCUT2D eigenvalue weighted by Gasteiger charge is 2.16. The molecule has 0 unspecified atom stereocenters. The molecule has 0 fully saturated rings. The second kappa shape index (κ2) is 7.42. The van der Waals surface area contributed by atoms with E-state index in [2.05, 4.69) is 30.7 Å². The Hall–Kier alpha value is -1.85. The summed E-state index contributed by atoms with van der Waals surface area (Å²) in [5.41, 5.74) is 0.514. The molecular weight excluding hydrogens is 280 g/mol. The number of hydrogen-bond acceptors (Lipinski definition) is 3. The standard InChI is InChI=1S/C16H26N4O2/c1-4-7-10-19-14-13(17-12(18-14)9-6-3)15(21)20(16(19)22)11-8-5-2/h4-11H2,1-3H3,(H,17,18). The van der Waals surface area contributed by atoms with Crippen LogP contribution in [0, 0.1) is 0 Å². The number of rotatable bonds is 8. The van der Waals surface area contributed by atoms with E-state index in [1.54, 1.807) is 4.57 Å². The molecule has 22 heavy (non-hydrogen) atoms. The van der Waals surface area contributed by atoms with E-state index in [1.807, 2.05) is 0 Å². The largest absolute Gasteiger partial charge is 0.336 e. The van der Waals surface area contributed by atoms with Crippen molar-refractivity contribution in [2.24, 2.45) is 0 Å². The van der Waals surface area contributed by atoms with Gasteiger partial charge in [-0.05, 0) is 19.3 Å². The lowest BCUT2D eigenvalue weighted by molar-refractivity contribution is 0.530. The topological polar surface area (TPSA) is 72.7 Å². The second-order valence-corrected chi connectivity index (χ2v) is 5.73. The minimum atomic E-state index is -0.240. The van der Waals surface area contributed by atoms with E-state index in [0.29, 0.717) is 24.3 Å². The first-order valence-electron chi connectivity index (χ1n) is 8.36. The highest BCUT2D eigenvalue weighted by atomic mass is 16.2. The van der Waals surface area contributed by atoms with Crippen molar-refractivity contribution in [3.63, 3.8) is 0 Å². The van der Waals surface area contributed by atoms with Crippen LogP contribution in [0.15, 0.2) is 9.59 Å². The number of aromatic amines is 1. The Morgan fingerprint density at radius 1 is 0.955 bits per heavy atom. The van der Waals surface area contributed by atoms with Gasteiger partial charge in [0.15, 0.2) is 5.65 Å². The Balaban J connectivity index is 2.64. The first-order chi connectivity index (χ1) is 10.6.